The zero-order valence-electron chi connectivity index (χ0n) is 15.5. The summed E-state index contributed by atoms with van der Waals surface area (Å²) in [4.78, 5) is 28.8. The highest BCUT2D eigenvalue weighted by molar-refractivity contribution is 5.80. The van der Waals surface area contributed by atoms with Crippen molar-refractivity contribution in [2.75, 3.05) is 26.2 Å². The van der Waals surface area contributed by atoms with Crippen LogP contribution in [0.25, 0.3) is 0 Å². The Kier molecular flexibility index (Phi) is 5.76. The smallest absolute Gasteiger partial charge is 0.225 e. The van der Waals surface area contributed by atoms with E-state index in [0.717, 1.165) is 76.2 Å². The van der Waals surface area contributed by atoms with E-state index in [9.17, 15) is 9.59 Å². The molecular weight excluding hydrogens is 316 g/mol. The van der Waals surface area contributed by atoms with Gasteiger partial charge in [0.25, 0.3) is 0 Å². The average Bonchev–Trinajstić information content (AvgIpc) is 3.24. The van der Waals surface area contributed by atoms with Gasteiger partial charge < -0.3 is 9.80 Å². The minimum Gasteiger partial charge on any atom is -0.343 e. The van der Waals surface area contributed by atoms with Crippen LogP contribution in [0.5, 0.6) is 0 Å². The Morgan fingerprint density at radius 3 is 2.36 bits per heavy atom. The molecule has 0 aliphatic carbocycles. The number of nitrogens with zero attached hydrogens (tertiary/aromatic N) is 4. The van der Waals surface area contributed by atoms with E-state index >= 15 is 0 Å². The minimum atomic E-state index is 0.122. The van der Waals surface area contributed by atoms with Gasteiger partial charge in [0.2, 0.25) is 11.8 Å². The fourth-order valence-electron chi connectivity index (χ4n) is 4.01. The molecule has 25 heavy (non-hydrogen) atoms. The van der Waals surface area contributed by atoms with Gasteiger partial charge in [-0.2, -0.15) is 5.10 Å². The number of amides is 2. The second-order valence-corrected chi connectivity index (χ2v) is 7.44. The van der Waals surface area contributed by atoms with Gasteiger partial charge in [0.1, 0.15) is 0 Å². The Morgan fingerprint density at radius 1 is 1.08 bits per heavy atom. The molecule has 0 unspecified atom stereocenters. The summed E-state index contributed by atoms with van der Waals surface area (Å²) in [7, 11) is 0. The number of hydrogen-bond donors (Lipinski definition) is 0. The molecule has 0 N–H and O–H groups in total. The molecule has 2 fully saturated rings. The fourth-order valence-corrected chi connectivity index (χ4v) is 4.01. The number of piperidine rings is 1. The van der Waals surface area contributed by atoms with Gasteiger partial charge in [-0.25, -0.2) is 0 Å². The van der Waals surface area contributed by atoms with Crippen molar-refractivity contribution in [2.45, 2.75) is 58.9 Å². The van der Waals surface area contributed by atoms with Crippen LogP contribution >= 0.6 is 0 Å². The Hall–Kier alpha value is -1.85. The molecule has 2 aliphatic rings. The summed E-state index contributed by atoms with van der Waals surface area (Å²) < 4.78 is 1.98. The van der Waals surface area contributed by atoms with E-state index in [2.05, 4.69) is 11.2 Å². The molecule has 2 amide bonds. The fraction of sp³-hybridized carbons (Fsp3) is 0.737. The molecule has 3 heterocycles. The summed E-state index contributed by atoms with van der Waals surface area (Å²) in [6.45, 7) is 8.11. The molecule has 3 rings (SSSR count). The van der Waals surface area contributed by atoms with Gasteiger partial charge in [-0.1, -0.05) is 0 Å². The maximum Gasteiger partial charge on any atom is 0.225 e. The standard InChI is InChI=1S/C19H30N4O2/c1-15-14-16(2)23(20-15)11-5-6-18(24)21-12-7-17(8-13-21)19(25)22-9-3-4-10-22/h14,17H,3-13H2,1-2H3. The first-order chi connectivity index (χ1) is 12.0. The summed E-state index contributed by atoms with van der Waals surface area (Å²) in [6.07, 6.45) is 5.28. The summed E-state index contributed by atoms with van der Waals surface area (Å²) in [5.41, 5.74) is 2.17. The van der Waals surface area contributed by atoms with Gasteiger partial charge in [-0.3, -0.25) is 14.3 Å². The van der Waals surface area contributed by atoms with Crippen molar-refractivity contribution < 1.29 is 9.59 Å². The van der Waals surface area contributed by atoms with Crippen LogP contribution in [0, 0.1) is 19.8 Å². The molecule has 1 aromatic heterocycles. The highest BCUT2D eigenvalue weighted by Crippen LogP contribution is 2.22. The molecule has 0 radical (unpaired) electrons. The molecule has 0 spiro atoms. The lowest BCUT2D eigenvalue weighted by molar-refractivity contribution is -0.140. The van der Waals surface area contributed by atoms with E-state index in [4.69, 9.17) is 0 Å². The zero-order chi connectivity index (χ0) is 17.8. The third-order valence-electron chi connectivity index (χ3n) is 5.48. The predicted octanol–water partition coefficient (Wildman–Crippen LogP) is 2.14. The Balaban J connectivity index is 1.39. The van der Waals surface area contributed by atoms with E-state index in [-0.39, 0.29) is 11.8 Å². The molecular formula is C19H30N4O2. The first-order valence-electron chi connectivity index (χ1n) is 9.62. The van der Waals surface area contributed by atoms with Crippen molar-refractivity contribution in [3.63, 3.8) is 0 Å². The number of rotatable bonds is 5. The molecule has 6 heteroatoms. The van der Waals surface area contributed by atoms with Crippen molar-refractivity contribution in [1.82, 2.24) is 19.6 Å². The zero-order valence-corrected chi connectivity index (χ0v) is 15.5. The lowest BCUT2D eigenvalue weighted by atomic mass is 9.95. The van der Waals surface area contributed by atoms with Crippen LogP contribution in [0.15, 0.2) is 6.07 Å². The van der Waals surface area contributed by atoms with Gasteiger partial charge in [0.05, 0.1) is 5.69 Å². The maximum absolute atomic E-state index is 12.5. The highest BCUT2D eigenvalue weighted by atomic mass is 16.2. The van der Waals surface area contributed by atoms with Gasteiger partial charge in [0.15, 0.2) is 0 Å². The molecule has 0 saturated carbocycles. The van der Waals surface area contributed by atoms with Crippen LogP contribution in [0.4, 0.5) is 0 Å². The Labute approximate surface area is 150 Å². The topological polar surface area (TPSA) is 58.4 Å². The van der Waals surface area contributed by atoms with Crippen LogP contribution in [0.1, 0.15) is 49.9 Å². The molecule has 138 valence electrons. The summed E-state index contributed by atoms with van der Waals surface area (Å²) in [5, 5.41) is 4.44. The largest absolute Gasteiger partial charge is 0.343 e. The van der Waals surface area contributed by atoms with E-state index < -0.39 is 0 Å². The van der Waals surface area contributed by atoms with Gasteiger partial charge >= 0.3 is 0 Å². The number of carbonyl (C=O) groups is 2. The molecule has 6 nitrogen and oxygen atoms in total. The van der Waals surface area contributed by atoms with Crippen molar-refractivity contribution in [3.8, 4) is 0 Å². The van der Waals surface area contributed by atoms with Crippen LogP contribution < -0.4 is 0 Å². The Bertz CT molecular complexity index is 611. The van der Waals surface area contributed by atoms with Crippen molar-refractivity contribution in [2.24, 2.45) is 5.92 Å². The second kappa shape index (κ2) is 8.02. The van der Waals surface area contributed by atoms with Crippen LogP contribution in [0.2, 0.25) is 0 Å². The normalized spacial score (nSPS) is 18.8. The van der Waals surface area contributed by atoms with Crippen molar-refractivity contribution in [1.29, 1.82) is 0 Å². The van der Waals surface area contributed by atoms with Crippen molar-refractivity contribution in [3.05, 3.63) is 17.5 Å². The SMILES string of the molecule is Cc1cc(C)n(CCCC(=O)N2CCC(C(=O)N3CCCC3)CC2)n1. The van der Waals surface area contributed by atoms with E-state index in [1.807, 2.05) is 28.3 Å². The van der Waals surface area contributed by atoms with Gasteiger partial charge in [-0.05, 0) is 52.0 Å². The van der Waals surface area contributed by atoms with E-state index in [1.165, 1.54) is 0 Å². The second-order valence-electron chi connectivity index (χ2n) is 7.44. The first kappa shape index (κ1) is 18.0. The summed E-state index contributed by atoms with van der Waals surface area (Å²) >= 11 is 0. The van der Waals surface area contributed by atoms with E-state index in [0.29, 0.717) is 12.3 Å². The maximum atomic E-state index is 12.5. The average molecular weight is 346 g/mol. The number of hydrogen-bond acceptors (Lipinski definition) is 3. The first-order valence-corrected chi connectivity index (χ1v) is 9.62. The van der Waals surface area contributed by atoms with Gasteiger partial charge in [0, 0.05) is 50.8 Å². The van der Waals surface area contributed by atoms with E-state index in [1.54, 1.807) is 0 Å². The molecule has 1 aromatic rings. The third-order valence-corrected chi connectivity index (χ3v) is 5.48. The lowest BCUT2D eigenvalue weighted by Crippen LogP contribution is -2.43. The Morgan fingerprint density at radius 2 is 1.76 bits per heavy atom. The number of aromatic nitrogens is 2. The van der Waals surface area contributed by atoms with Crippen LogP contribution in [-0.2, 0) is 16.1 Å². The molecule has 2 aliphatic heterocycles. The van der Waals surface area contributed by atoms with Crippen molar-refractivity contribution >= 4 is 11.8 Å². The molecule has 0 atom stereocenters. The minimum absolute atomic E-state index is 0.122. The predicted molar refractivity (Wildman–Crippen MR) is 96.1 cm³/mol. The lowest BCUT2D eigenvalue weighted by Gasteiger charge is -2.33. The quantitative estimate of drug-likeness (QED) is 0.821. The van der Waals surface area contributed by atoms with Crippen LogP contribution in [0.3, 0.4) is 0 Å². The molecule has 2 saturated heterocycles. The van der Waals surface area contributed by atoms with Crippen LogP contribution in [-0.4, -0.2) is 57.6 Å². The number of aryl methyl sites for hydroxylation is 3. The summed E-state index contributed by atoms with van der Waals surface area (Å²) in [5.74, 6) is 0.652. The number of carbonyl (C=O) groups excluding carboxylic acids is 2. The van der Waals surface area contributed by atoms with Gasteiger partial charge in [-0.15, -0.1) is 0 Å². The third kappa shape index (κ3) is 4.41. The molecule has 0 bridgehead atoms. The summed E-state index contributed by atoms with van der Waals surface area (Å²) in [6, 6.07) is 2.06. The molecule has 0 aromatic carbocycles. The number of likely N-dealkylation sites (tertiary alicyclic amines) is 2. The highest BCUT2D eigenvalue weighted by Gasteiger charge is 2.30. The monoisotopic (exact) mass is 346 g/mol.